The maximum Gasteiger partial charge on any atom is 0.182 e. The normalized spacial score (nSPS) is 39.7. The molecule has 0 spiro atoms. The van der Waals surface area contributed by atoms with E-state index in [9.17, 15) is 14.4 Å². The van der Waals surface area contributed by atoms with Gasteiger partial charge in [0.25, 0.3) is 0 Å². The van der Waals surface area contributed by atoms with Crippen molar-refractivity contribution in [2.45, 2.75) is 38.5 Å². The Bertz CT molecular complexity index is 581. The van der Waals surface area contributed by atoms with Crippen LogP contribution in [0.4, 0.5) is 0 Å². The van der Waals surface area contributed by atoms with E-state index in [1.54, 1.807) is 6.08 Å². The summed E-state index contributed by atoms with van der Waals surface area (Å²) < 4.78 is 0. The van der Waals surface area contributed by atoms with Crippen LogP contribution in [0.15, 0.2) is 23.3 Å². The van der Waals surface area contributed by atoms with E-state index >= 15 is 0 Å². The summed E-state index contributed by atoms with van der Waals surface area (Å²) in [6.07, 6.45) is 8.01. The molecular formula is C17H18O3. The van der Waals surface area contributed by atoms with Crippen molar-refractivity contribution in [2.24, 2.45) is 23.7 Å². The first-order valence-corrected chi connectivity index (χ1v) is 7.65. The zero-order valence-electron chi connectivity index (χ0n) is 11.4. The van der Waals surface area contributed by atoms with E-state index in [0.717, 1.165) is 30.4 Å². The number of carbonyl (C=O) groups is 3. The predicted molar refractivity (Wildman–Crippen MR) is 72.8 cm³/mol. The highest BCUT2D eigenvalue weighted by molar-refractivity contribution is 6.09. The number of hydrogen-bond acceptors (Lipinski definition) is 3. The van der Waals surface area contributed by atoms with Crippen LogP contribution in [0.2, 0.25) is 0 Å². The van der Waals surface area contributed by atoms with Crippen LogP contribution in [0.3, 0.4) is 0 Å². The summed E-state index contributed by atoms with van der Waals surface area (Å²) in [5, 5.41) is 0. The fraction of sp³-hybridized carbons (Fsp3) is 0.588. The Hall–Kier alpha value is -1.51. The fourth-order valence-electron chi connectivity index (χ4n) is 4.93. The SMILES string of the molecule is O=C1CCC2C(C1)CC(=O)C1C3=C(CCC12)C(=O)C=C3. The standard InChI is InChI=1S/C17H18O3/c18-10-1-2-11-9(7-10)8-16(20)17-13(11)4-3-12-14(17)5-6-15(12)19/h5-6,9,11,13,17H,1-4,7-8H2. The minimum Gasteiger partial charge on any atom is -0.300 e. The first-order valence-electron chi connectivity index (χ1n) is 7.65. The van der Waals surface area contributed by atoms with Crippen molar-refractivity contribution < 1.29 is 14.4 Å². The summed E-state index contributed by atoms with van der Waals surface area (Å²) in [4.78, 5) is 36.0. The molecule has 0 bridgehead atoms. The van der Waals surface area contributed by atoms with Gasteiger partial charge in [0.15, 0.2) is 5.78 Å². The molecular weight excluding hydrogens is 252 g/mol. The Morgan fingerprint density at radius 1 is 0.900 bits per heavy atom. The highest BCUT2D eigenvalue weighted by atomic mass is 16.1. The lowest BCUT2D eigenvalue weighted by molar-refractivity contribution is -0.134. The molecule has 0 saturated heterocycles. The molecule has 4 aliphatic carbocycles. The van der Waals surface area contributed by atoms with Crippen molar-refractivity contribution >= 4 is 17.3 Å². The molecule has 2 fully saturated rings. The van der Waals surface area contributed by atoms with E-state index in [2.05, 4.69) is 0 Å². The molecule has 3 heteroatoms. The molecule has 2 saturated carbocycles. The quantitative estimate of drug-likeness (QED) is 0.679. The van der Waals surface area contributed by atoms with Gasteiger partial charge in [0, 0.05) is 30.8 Å². The summed E-state index contributed by atoms with van der Waals surface area (Å²) >= 11 is 0. The maximum atomic E-state index is 12.5. The van der Waals surface area contributed by atoms with Crippen molar-refractivity contribution in [3.63, 3.8) is 0 Å². The molecule has 0 heterocycles. The summed E-state index contributed by atoms with van der Waals surface area (Å²) in [6, 6.07) is 0. The number of allylic oxidation sites excluding steroid dienone is 4. The fourth-order valence-corrected chi connectivity index (χ4v) is 4.93. The summed E-state index contributed by atoms with van der Waals surface area (Å²) in [5.41, 5.74) is 1.89. The van der Waals surface area contributed by atoms with Crippen LogP contribution in [0.1, 0.15) is 38.5 Å². The van der Waals surface area contributed by atoms with E-state index < -0.39 is 0 Å². The van der Waals surface area contributed by atoms with E-state index in [1.807, 2.05) is 6.08 Å². The molecule has 0 aromatic heterocycles. The molecule has 0 aromatic rings. The van der Waals surface area contributed by atoms with Crippen LogP contribution in [-0.2, 0) is 14.4 Å². The third-order valence-electron chi connectivity index (χ3n) is 5.76. The van der Waals surface area contributed by atoms with Crippen LogP contribution in [-0.4, -0.2) is 17.3 Å². The largest absolute Gasteiger partial charge is 0.300 e. The zero-order chi connectivity index (χ0) is 13.9. The zero-order valence-corrected chi connectivity index (χ0v) is 11.4. The van der Waals surface area contributed by atoms with Gasteiger partial charge in [0.2, 0.25) is 0 Å². The van der Waals surface area contributed by atoms with Crippen LogP contribution in [0, 0.1) is 23.7 Å². The first-order chi connectivity index (χ1) is 9.65. The van der Waals surface area contributed by atoms with E-state index in [0.29, 0.717) is 36.9 Å². The van der Waals surface area contributed by atoms with E-state index in [-0.39, 0.29) is 23.4 Å². The second kappa shape index (κ2) is 4.24. The van der Waals surface area contributed by atoms with Crippen molar-refractivity contribution in [2.75, 3.05) is 0 Å². The highest BCUT2D eigenvalue weighted by Crippen LogP contribution is 2.52. The smallest absolute Gasteiger partial charge is 0.182 e. The molecule has 20 heavy (non-hydrogen) atoms. The third kappa shape index (κ3) is 1.62. The minimum absolute atomic E-state index is 0.0593. The van der Waals surface area contributed by atoms with Crippen LogP contribution in [0.5, 0.6) is 0 Å². The Labute approximate surface area is 118 Å². The van der Waals surface area contributed by atoms with Gasteiger partial charge >= 0.3 is 0 Å². The van der Waals surface area contributed by atoms with Gasteiger partial charge in [-0.15, -0.1) is 0 Å². The molecule has 4 atom stereocenters. The van der Waals surface area contributed by atoms with Gasteiger partial charge in [-0.3, -0.25) is 14.4 Å². The molecule has 0 aromatic carbocycles. The van der Waals surface area contributed by atoms with Crippen molar-refractivity contribution in [1.82, 2.24) is 0 Å². The second-order valence-corrected chi connectivity index (χ2v) is 6.69. The molecule has 0 aliphatic heterocycles. The van der Waals surface area contributed by atoms with Gasteiger partial charge in [-0.2, -0.15) is 0 Å². The number of fused-ring (bicyclic) bond motifs is 4. The summed E-state index contributed by atoms with van der Waals surface area (Å²) in [5.74, 6) is 1.77. The first kappa shape index (κ1) is 12.2. The van der Waals surface area contributed by atoms with Crippen molar-refractivity contribution in [3.8, 4) is 0 Å². The average Bonchev–Trinajstić information content (AvgIpc) is 2.80. The number of rotatable bonds is 0. The van der Waals surface area contributed by atoms with Crippen LogP contribution < -0.4 is 0 Å². The minimum atomic E-state index is -0.0593. The molecule has 4 unspecified atom stereocenters. The molecule has 104 valence electrons. The topological polar surface area (TPSA) is 51.2 Å². The van der Waals surface area contributed by atoms with Gasteiger partial charge in [0.05, 0.1) is 0 Å². The van der Waals surface area contributed by atoms with E-state index in [4.69, 9.17) is 0 Å². The van der Waals surface area contributed by atoms with Gasteiger partial charge in [-0.05, 0) is 48.7 Å². The number of Topliss-reactive ketones (excluding diaryl/α,β-unsaturated/α-hetero) is 2. The number of hydrogen-bond donors (Lipinski definition) is 0. The maximum absolute atomic E-state index is 12.5. The summed E-state index contributed by atoms with van der Waals surface area (Å²) in [7, 11) is 0. The number of ketones is 3. The Morgan fingerprint density at radius 3 is 2.55 bits per heavy atom. The molecule has 0 N–H and O–H groups in total. The van der Waals surface area contributed by atoms with Crippen LogP contribution >= 0.6 is 0 Å². The van der Waals surface area contributed by atoms with Gasteiger partial charge in [-0.1, -0.05) is 6.08 Å². The molecule has 3 nitrogen and oxygen atoms in total. The molecule has 4 aliphatic rings. The Morgan fingerprint density at radius 2 is 1.70 bits per heavy atom. The second-order valence-electron chi connectivity index (χ2n) is 6.69. The van der Waals surface area contributed by atoms with E-state index in [1.165, 1.54) is 0 Å². The van der Waals surface area contributed by atoms with Crippen molar-refractivity contribution in [1.29, 1.82) is 0 Å². The molecule has 0 amide bonds. The van der Waals surface area contributed by atoms with Gasteiger partial charge in [-0.25, -0.2) is 0 Å². The monoisotopic (exact) mass is 270 g/mol. The lowest BCUT2D eigenvalue weighted by Gasteiger charge is -2.46. The van der Waals surface area contributed by atoms with Crippen molar-refractivity contribution in [3.05, 3.63) is 23.3 Å². The number of carbonyl (C=O) groups excluding carboxylic acids is 3. The lowest BCUT2D eigenvalue weighted by atomic mass is 9.56. The highest BCUT2D eigenvalue weighted by Gasteiger charge is 2.49. The Balaban J connectivity index is 1.71. The Kier molecular flexibility index (Phi) is 2.60. The van der Waals surface area contributed by atoms with Gasteiger partial charge in [0.1, 0.15) is 11.6 Å². The lowest BCUT2D eigenvalue weighted by Crippen LogP contribution is -2.45. The predicted octanol–water partition coefficient (Wildman–Crippen LogP) is 2.41. The third-order valence-corrected chi connectivity index (χ3v) is 5.76. The van der Waals surface area contributed by atoms with Crippen LogP contribution in [0.25, 0.3) is 0 Å². The van der Waals surface area contributed by atoms with Gasteiger partial charge < -0.3 is 0 Å². The molecule has 4 rings (SSSR count). The average molecular weight is 270 g/mol. The molecule has 0 radical (unpaired) electrons. The summed E-state index contributed by atoms with van der Waals surface area (Å²) in [6.45, 7) is 0.